The molecule has 11 heteroatoms. The van der Waals surface area contributed by atoms with Crippen LogP contribution in [0.15, 0.2) is 55.0 Å². The summed E-state index contributed by atoms with van der Waals surface area (Å²) in [7, 11) is -3.70. The molecule has 40 heavy (non-hydrogen) atoms. The Kier molecular flexibility index (Phi) is 7.24. The topological polar surface area (TPSA) is 118 Å². The van der Waals surface area contributed by atoms with E-state index >= 15 is 4.39 Å². The third-order valence-corrected chi connectivity index (χ3v) is 8.71. The van der Waals surface area contributed by atoms with Crippen LogP contribution in [-0.2, 0) is 10.0 Å². The average molecular weight is 563 g/mol. The standard InChI is InChI=1S/C29H31FN6O3S/c1-18-25(30)27(36-40(37,38)17-19-8-9-19)22-6-2-3-7-23(22)28(18)39-29-26(33-13-14-34-29)20-10-12-32-24(15-20)35-21-5-4-11-31-16-21/h2-3,6-7,10,12-15,19,21,31,36H,4-5,8-9,11,16-17H2,1H3,(H,32,35)/t21-/m0/s1. The van der Waals surface area contributed by atoms with E-state index in [1.807, 2.05) is 12.1 Å². The van der Waals surface area contributed by atoms with Crippen molar-refractivity contribution in [3.63, 3.8) is 0 Å². The van der Waals surface area contributed by atoms with E-state index < -0.39 is 15.8 Å². The normalized spacial score (nSPS) is 17.5. The number of fused-ring (bicyclic) bond motifs is 1. The van der Waals surface area contributed by atoms with Gasteiger partial charge in [0.05, 0.1) is 11.4 Å². The summed E-state index contributed by atoms with van der Waals surface area (Å²) >= 11 is 0. The first kappa shape index (κ1) is 26.4. The van der Waals surface area contributed by atoms with Crippen molar-refractivity contribution in [3.05, 3.63) is 66.4 Å². The zero-order valence-corrected chi connectivity index (χ0v) is 23.0. The summed E-state index contributed by atoms with van der Waals surface area (Å²) in [5.74, 6) is 0.609. The molecule has 1 aliphatic heterocycles. The van der Waals surface area contributed by atoms with Crippen LogP contribution in [0.2, 0.25) is 0 Å². The Balaban J connectivity index is 1.35. The van der Waals surface area contributed by atoms with Crippen molar-refractivity contribution in [1.29, 1.82) is 0 Å². The van der Waals surface area contributed by atoms with E-state index in [-0.39, 0.29) is 40.6 Å². The molecule has 0 radical (unpaired) electrons. The molecule has 0 unspecified atom stereocenters. The number of benzene rings is 2. The fraction of sp³-hybridized carbons (Fsp3) is 0.345. The molecular formula is C29H31FN6O3S. The number of piperidine rings is 1. The third-order valence-electron chi connectivity index (χ3n) is 7.29. The lowest BCUT2D eigenvalue weighted by Gasteiger charge is -2.24. The lowest BCUT2D eigenvalue weighted by atomic mass is 10.0. The number of hydrogen-bond donors (Lipinski definition) is 3. The number of ether oxygens (including phenoxy) is 1. The minimum atomic E-state index is -3.70. The molecule has 0 amide bonds. The van der Waals surface area contributed by atoms with Crippen molar-refractivity contribution in [2.45, 2.75) is 38.6 Å². The highest BCUT2D eigenvalue weighted by molar-refractivity contribution is 7.92. The molecule has 3 N–H and O–H groups in total. The van der Waals surface area contributed by atoms with Gasteiger partial charge in [0, 0.05) is 53.1 Å². The highest BCUT2D eigenvalue weighted by atomic mass is 32.2. The molecule has 2 aromatic heterocycles. The first-order valence-electron chi connectivity index (χ1n) is 13.5. The van der Waals surface area contributed by atoms with Gasteiger partial charge in [0.25, 0.3) is 0 Å². The second-order valence-corrected chi connectivity index (χ2v) is 12.2. The van der Waals surface area contributed by atoms with Crippen LogP contribution in [0, 0.1) is 18.7 Å². The number of sulfonamides is 1. The minimum absolute atomic E-state index is 0.0128. The molecule has 2 aliphatic rings. The molecule has 1 saturated heterocycles. The predicted molar refractivity (Wildman–Crippen MR) is 154 cm³/mol. The van der Waals surface area contributed by atoms with E-state index in [2.05, 4.69) is 30.3 Å². The van der Waals surface area contributed by atoms with Crippen molar-refractivity contribution in [2.24, 2.45) is 5.92 Å². The van der Waals surface area contributed by atoms with Crippen LogP contribution in [0.4, 0.5) is 15.9 Å². The van der Waals surface area contributed by atoms with Gasteiger partial charge in [-0.15, -0.1) is 0 Å². The number of pyridine rings is 1. The van der Waals surface area contributed by atoms with Gasteiger partial charge in [-0.3, -0.25) is 4.72 Å². The Morgan fingerprint density at radius 3 is 2.62 bits per heavy atom. The number of rotatable bonds is 9. The van der Waals surface area contributed by atoms with Crippen LogP contribution in [0.3, 0.4) is 0 Å². The molecule has 2 fully saturated rings. The number of aromatic nitrogens is 3. The molecule has 3 heterocycles. The summed E-state index contributed by atoms with van der Waals surface area (Å²) in [6.07, 6.45) is 8.71. The molecule has 9 nitrogen and oxygen atoms in total. The molecule has 0 bridgehead atoms. The van der Waals surface area contributed by atoms with Crippen LogP contribution in [0.25, 0.3) is 22.0 Å². The van der Waals surface area contributed by atoms with Gasteiger partial charge in [0.15, 0.2) is 5.82 Å². The van der Waals surface area contributed by atoms with Gasteiger partial charge >= 0.3 is 0 Å². The highest BCUT2D eigenvalue weighted by Gasteiger charge is 2.30. The molecule has 6 rings (SSSR count). The van der Waals surface area contributed by atoms with Gasteiger partial charge < -0.3 is 15.4 Å². The molecule has 4 aromatic rings. The van der Waals surface area contributed by atoms with E-state index in [0.717, 1.165) is 50.2 Å². The fourth-order valence-corrected chi connectivity index (χ4v) is 6.61. The molecule has 1 aliphatic carbocycles. The largest absolute Gasteiger partial charge is 0.436 e. The van der Waals surface area contributed by atoms with Gasteiger partial charge in [-0.05, 0) is 57.2 Å². The maximum Gasteiger partial charge on any atom is 0.246 e. The Bertz CT molecular complexity index is 1660. The first-order chi connectivity index (χ1) is 19.4. The zero-order chi connectivity index (χ0) is 27.7. The summed E-state index contributed by atoms with van der Waals surface area (Å²) in [5, 5.41) is 7.83. The number of anilines is 2. The molecule has 2 aromatic carbocycles. The van der Waals surface area contributed by atoms with Gasteiger partial charge in [0.1, 0.15) is 17.3 Å². The maximum absolute atomic E-state index is 15.8. The Morgan fingerprint density at radius 1 is 1.05 bits per heavy atom. The fourth-order valence-electron chi connectivity index (χ4n) is 5.07. The van der Waals surface area contributed by atoms with Gasteiger partial charge in [0.2, 0.25) is 15.9 Å². The summed E-state index contributed by atoms with van der Waals surface area (Å²) in [6, 6.07) is 11.0. The minimum Gasteiger partial charge on any atom is -0.436 e. The first-order valence-corrected chi connectivity index (χ1v) is 15.2. The van der Waals surface area contributed by atoms with Crippen LogP contribution < -0.4 is 20.1 Å². The third kappa shape index (κ3) is 5.71. The molecular weight excluding hydrogens is 531 g/mol. The second-order valence-electron chi connectivity index (χ2n) is 10.4. The number of hydrogen-bond acceptors (Lipinski definition) is 8. The predicted octanol–water partition coefficient (Wildman–Crippen LogP) is 5.25. The summed E-state index contributed by atoms with van der Waals surface area (Å²) in [6.45, 7) is 3.46. The number of halogens is 1. The van der Waals surface area contributed by atoms with E-state index in [9.17, 15) is 8.42 Å². The SMILES string of the molecule is Cc1c(F)c(NS(=O)(=O)CC2CC2)c2ccccc2c1Oc1nccnc1-c1ccnc(N[C@H]2CCCNC2)c1. The Labute approximate surface area is 232 Å². The molecule has 208 valence electrons. The summed E-state index contributed by atoms with van der Waals surface area (Å²) in [4.78, 5) is 13.4. The lowest BCUT2D eigenvalue weighted by molar-refractivity contribution is 0.459. The lowest BCUT2D eigenvalue weighted by Crippen LogP contribution is -2.38. The zero-order valence-electron chi connectivity index (χ0n) is 22.2. The van der Waals surface area contributed by atoms with Crippen LogP contribution >= 0.6 is 0 Å². The molecule has 1 atom stereocenters. The van der Waals surface area contributed by atoms with Crippen molar-refractivity contribution < 1.29 is 17.5 Å². The molecule has 0 spiro atoms. The smallest absolute Gasteiger partial charge is 0.246 e. The quantitative estimate of drug-likeness (QED) is 0.253. The monoisotopic (exact) mass is 562 g/mol. The van der Waals surface area contributed by atoms with Gasteiger partial charge in [-0.25, -0.2) is 27.8 Å². The van der Waals surface area contributed by atoms with Crippen LogP contribution in [-0.4, -0.2) is 48.3 Å². The van der Waals surface area contributed by atoms with E-state index in [4.69, 9.17) is 4.74 Å². The summed E-state index contributed by atoms with van der Waals surface area (Å²) in [5.41, 5.74) is 1.33. The van der Waals surface area contributed by atoms with Crippen LogP contribution in [0.5, 0.6) is 11.6 Å². The van der Waals surface area contributed by atoms with Crippen molar-refractivity contribution in [2.75, 3.05) is 28.9 Å². The molecule has 1 saturated carbocycles. The van der Waals surface area contributed by atoms with Crippen molar-refractivity contribution in [1.82, 2.24) is 20.3 Å². The van der Waals surface area contributed by atoms with Gasteiger partial charge in [-0.1, -0.05) is 24.3 Å². The van der Waals surface area contributed by atoms with Crippen molar-refractivity contribution >= 4 is 32.3 Å². The van der Waals surface area contributed by atoms with Crippen LogP contribution in [0.1, 0.15) is 31.2 Å². The number of nitrogens with zero attached hydrogens (tertiary/aromatic N) is 3. The van der Waals surface area contributed by atoms with E-state index in [0.29, 0.717) is 16.5 Å². The average Bonchev–Trinajstić information content (AvgIpc) is 3.77. The second kappa shape index (κ2) is 11.0. The Hall–Kier alpha value is -3.83. The number of nitrogens with one attached hydrogen (secondary N) is 3. The van der Waals surface area contributed by atoms with E-state index in [1.54, 1.807) is 43.6 Å². The maximum atomic E-state index is 15.8. The highest BCUT2D eigenvalue weighted by Crippen LogP contribution is 2.42. The Morgan fingerprint density at radius 2 is 1.85 bits per heavy atom. The van der Waals surface area contributed by atoms with E-state index in [1.165, 1.54) is 6.20 Å². The van der Waals surface area contributed by atoms with Crippen molar-refractivity contribution in [3.8, 4) is 22.9 Å². The van der Waals surface area contributed by atoms with Gasteiger partial charge in [-0.2, -0.15) is 0 Å². The summed E-state index contributed by atoms with van der Waals surface area (Å²) < 4.78 is 50.1.